The Balaban J connectivity index is 1.90. The van der Waals surface area contributed by atoms with Crippen LogP contribution in [0.4, 0.5) is 0 Å². The predicted molar refractivity (Wildman–Crippen MR) is 111 cm³/mol. The lowest BCUT2D eigenvalue weighted by Crippen LogP contribution is -2.37. The van der Waals surface area contributed by atoms with Crippen LogP contribution in [0, 0.1) is 5.92 Å². The van der Waals surface area contributed by atoms with Gasteiger partial charge in [0.1, 0.15) is 5.58 Å². The number of aromatic nitrogens is 2. The molecule has 0 saturated carbocycles. The summed E-state index contributed by atoms with van der Waals surface area (Å²) >= 11 is 1.44. The molecule has 1 aromatic carbocycles. The zero-order chi connectivity index (χ0) is 20.8. The molecule has 1 atom stereocenters. The highest BCUT2D eigenvalue weighted by atomic mass is 32.2. The maximum atomic E-state index is 13.3. The molecule has 0 aliphatic carbocycles. The minimum absolute atomic E-state index is 0.246. The molecule has 7 nitrogen and oxygen atoms in total. The molecule has 2 aromatic heterocycles. The van der Waals surface area contributed by atoms with Crippen LogP contribution in [0.15, 0.2) is 52.3 Å². The fraction of sp³-hybridized carbons (Fsp3) is 0.333. The van der Waals surface area contributed by atoms with E-state index in [9.17, 15) is 9.59 Å². The van der Waals surface area contributed by atoms with E-state index in [-0.39, 0.29) is 24.2 Å². The minimum Gasteiger partial charge on any atom is -0.469 e. The third-order valence-corrected chi connectivity index (χ3v) is 5.45. The van der Waals surface area contributed by atoms with Gasteiger partial charge in [-0.2, -0.15) is 0 Å². The maximum absolute atomic E-state index is 13.3. The van der Waals surface area contributed by atoms with Crippen molar-refractivity contribution in [1.82, 2.24) is 14.9 Å². The summed E-state index contributed by atoms with van der Waals surface area (Å²) in [5.74, 6) is -0.245. The van der Waals surface area contributed by atoms with Crippen LogP contribution < -0.4 is 0 Å². The Labute approximate surface area is 173 Å². The molecule has 3 aromatic rings. The molecule has 29 heavy (non-hydrogen) atoms. The Morgan fingerprint density at radius 1 is 1.21 bits per heavy atom. The second-order valence-corrected chi connectivity index (χ2v) is 7.44. The van der Waals surface area contributed by atoms with Gasteiger partial charge in [0.05, 0.1) is 13.0 Å². The molecule has 3 rings (SSSR count). The quantitative estimate of drug-likeness (QED) is 0.315. The Kier molecular flexibility index (Phi) is 6.87. The van der Waals surface area contributed by atoms with Crippen LogP contribution in [0.2, 0.25) is 0 Å². The highest BCUT2D eigenvalue weighted by Gasteiger charge is 2.27. The molecule has 0 fully saturated rings. The summed E-state index contributed by atoms with van der Waals surface area (Å²) in [5.41, 5.74) is 1.45. The third kappa shape index (κ3) is 4.76. The molecule has 0 bridgehead atoms. The molecule has 0 spiro atoms. The van der Waals surface area contributed by atoms with Crippen LogP contribution in [0.1, 0.15) is 30.0 Å². The molecule has 0 aliphatic heterocycles. The van der Waals surface area contributed by atoms with Crippen molar-refractivity contribution < 1.29 is 18.7 Å². The van der Waals surface area contributed by atoms with Crippen molar-refractivity contribution in [2.45, 2.75) is 24.8 Å². The molecular formula is C21H23N3O4S. The average Bonchev–Trinajstić information content (AvgIpc) is 3.14. The molecule has 1 unspecified atom stereocenters. The van der Waals surface area contributed by atoms with E-state index in [4.69, 9.17) is 9.15 Å². The van der Waals surface area contributed by atoms with Gasteiger partial charge in [0.15, 0.2) is 10.9 Å². The number of carbonyl (C=O) groups is 2. The van der Waals surface area contributed by atoms with Gasteiger partial charge < -0.3 is 14.1 Å². The Morgan fingerprint density at radius 3 is 2.62 bits per heavy atom. The number of methoxy groups -OCH3 is 1. The SMILES string of the molecule is CCN(CC(C)C(=O)OC)C(=O)c1oc2ccccc2c1CSc1ncccn1. The Morgan fingerprint density at radius 2 is 1.93 bits per heavy atom. The zero-order valence-corrected chi connectivity index (χ0v) is 17.4. The lowest BCUT2D eigenvalue weighted by Gasteiger charge is -2.23. The molecular weight excluding hydrogens is 390 g/mol. The summed E-state index contributed by atoms with van der Waals surface area (Å²) in [4.78, 5) is 35.1. The molecule has 0 saturated heterocycles. The number of nitrogens with zero attached hydrogens (tertiary/aromatic N) is 3. The highest BCUT2D eigenvalue weighted by Crippen LogP contribution is 2.31. The molecule has 0 aliphatic rings. The molecule has 8 heteroatoms. The van der Waals surface area contributed by atoms with Gasteiger partial charge in [-0.1, -0.05) is 36.9 Å². The number of hydrogen-bond acceptors (Lipinski definition) is 7. The van der Waals surface area contributed by atoms with Crippen molar-refractivity contribution >= 4 is 34.6 Å². The maximum Gasteiger partial charge on any atom is 0.310 e. The van der Waals surface area contributed by atoms with E-state index < -0.39 is 5.92 Å². The number of esters is 1. The molecule has 2 heterocycles. The molecule has 1 amide bonds. The summed E-state index contributed by atoms with van der Waals surface area (Å²) in [6.07, 6.45) is 3.36. The number of amides is 1. The number of hydrogen-bond donors (Lipinski definition) is 0. The Hall–Kier alpha value is -2.87. The van der Waals surface area contributed by atoms with Gasteiger partial charge in [0, 0.05) is 42.2 Å². The number of benzene rings is 1. The van der Waals surface area contributed by atoms with Crippen molar-refractivity contribution in [2.75, 3.05) is 20.2 Å². The number of furan rings is 1. The number of carbonyl (C=O) groups excluding carboxylic acids is 2. The smallest absolute Gasteiger partial charge is 0.310 e. The van der Waals surface area contributed by atoms with Crippen molar-refractivity contribution in [2.24, 2.45) is 5.92 Å². The molecule has 0 N–H and O–H groups in total. The lowest BCUT2D eigenvalue weighted by molar-refractivity contribution is -0.145. The zero-order valence-electron chi connectivity index (χ0n) is 16.6. The van der Waals surface area contributed by atoms with Gasteiger partial charge in [0.25, 0.3) is 5.91 Å². The van der Waals surface area contributed by atoms with Gasteiger partial charge in [-0.3, -0.25) is 9.59 Å². The van der Waals surface area contributed by atoms with Gasteiger partial charge in [-0.05, 0) is 19.1 Å². The summed E-state index contributed by atoms with van der Waals surface area (Å²) < 4.78 is 10.7. The predicted octanol–water partition coefficient (Wildman–Crippen LogP) is 3.79. The van der Waals surface area contributed by atoms with Crippen LogP contribution >= 0.6 is 11.8 Å². The monoisotopic (exact) mass is 413 g/mol. The van der Waals surface area contributed by atoms with E-state index in [1.54, 1.807) is 30.3 Å². The van der Waals surface area contributed by atoms with E-state index in [0.29, 0.717) is 23.0 Å². The van der Waals surface area contributed by atoms with Gasteiger partial charge >= 0.3 is 5.97 Å². The fourth-order valence-electron chi connectivity index (χ4n) is 3.02. The van der Waals surface area contributed by atoms with Crippen LogP contribution in [-0.4, -0.2) is 46.9 Å². The normalized spacial score (nSPS) is 12.0. The minimum atomic E-state index is -0.427. The first kappa shape index (κ1) is 20.9. The van der Waals surface area contributed by atoms with Crippen molar-refractivity contribution in [1.29, 1.82) is 0 Å². The van der Waals surface area contributed by atoms with Crippen LogP contribution in [0.5, 0.6) is 0 Å². The average molecular weight is 413 g/mol. The fourth-order valence-corrected chi connectivity index (χ4v) is 3.85. The van der Waals surface area contributed by atoms with Crippen LogP contribution in [-0.2, 0) is 15.3 Å². The second-order valence-electron chi connectivity index (χ2n) is 6.49. The van der Waals surface area contributed by atoms with Crippen molar-refractivity contribution in [3.05, 3.63) is 54.0 Å². The van der Waals surface area contributed by atoms with Gasteiger partial charge in [-0.15, -0.1) is 0 Å². The van der Waals surface area contributed by atoms with E-state index in [1.807, 2.05) is 31.2 Å². The number of ether oxygens (including phenoxy) is 1. The lowest BCUT2D eigenvalue weighted by atomic mass is 10.1. The summed E-state index contributed by atoms with van der Waals surface area (Å²) in [5, 5.41) is 1.51. The van der Waals surface area contributed by atoms with Crippen LogP contribution in [0.3, 0.4) is 0 Å². The van der Waals surface area contributed by atoms with Crippen molar-refractivity contribution in [3.8, 4) is 0 Å². The van der Waals surface area contributed by atoms with Crippen molar-refractivity contribution in [3.63, 3.8) is 0 Å². The number of rotatable bonds is 8. The largest absolute Gasteiger partial charge is 0.469 e. The molecule has 0 radical (unpaired) electrons. The first-order chi connectivity index (χ1) is 14.0. The van der Waals surface area contributed by atoms with E-state index in [2.05, 4.69) is 9.97 Å². The summed E-state index contributed by atoms with van der Waals surface area (Å²) in [6.45, 7) is 4.32. The highest BCUT2D eigenvalue weighted by molar-refractivity contribution is 7.98. The first-order valence-corrected chi connectivity index (χ1v) is 10.3. The van der Waals surface area contributed by atoms with Gasteiger partial charge in [-0.25, -0.2) is 9.97 Å². The number of fused-ring (bicyclic) bond motifs is 1. The van der Waals surface area contributed by atoms with E-state index in [1.165, 1.54) is 18.9 Å². The van der Waals surface area contributed by atoms with Gasteiger partial charge in [0.2, 0.25) is 0 Å². The number of para-hydroxylation sites is 1. The van der Waals surface area contributed by atoms with E-state index >= 15 is 0 Å². The number of thioether (sulfide) groups is 1. The second kappa shape index (κ2) is 9.56. The molecule has 152 valence electrons. The summed E-state index contributed by atoms with van der Waals surface area (Å²) in [6, 6.07) is 9.32. The third-order valence-electron chi connectivity index (χ3n) is 4.55. The standard InChI is InChI=1S/C21H23N3O4S/c1-4-24(12-14(2)20(26)27-3)19(25)18-16(13-29-21-22-10-7-11-23-21)15-8-5-6-9-17(15)28-18/h5-11,14H,4,12-13H2,1-3H3. The Bertz CT molecular complexity index is 990. The first-order valence-electron chi connectivity index (χ1n) is 9.32. The van der Waals surface area contributed by atoms with Crippen LogP contribution in [0.25, 0.3) is 11.0 Å². The van der Waals surface area contributed by atoms with E-state index in [0.717, 1.165) is 10.9 Å². The topological polar surface area (TPSA) is 85.5 Å². The summed E-state index contributed by atoms with van der Waals surface area (Å²) in [7, 11) is 1.34.